The molecule has 0 bridgehead atoms. The number of rotatable bonds is 2. The molecular formula is C12H12INO3. The topological polar surface area (TPSA) is 38.8 Å². The molecule has 2 aliphatic heterocycles. The molecule has 17 heavy (non-hydrogen) atoms. The van der Waals surface area contributed by atoms with Gasteiger partial charge in [-0.1, -0.05) is 12.1 Å². The van der Waals surface area contributed by atoms with Gasteiger partial charge in [-0.05, 0) is 40.3 Å². The molecular weight excluding hydrogens is 333 g/mol. The highest BCUT2D eigenvalue weighted by atomic mass is 127. The van der Waals surface area contributed by atoms with E-state index in [0.717, 1.165) is 5.56 Å². The summed E-state index contributed by atoms with van der Waals surface area (Å²) < 4.78 is 6.25. The number of ether oxygens (including phenoxy) is 1. The maximum Gasteiger partial charge on any atom is 0.326 e. The van der Waals surface area contributed by atoms with Gasteiger partial charge in [0.1, 0.15) is 6.04 Å². The van der Waals surface area contributed by atoms with E-state index in [4.69, 9.17) is 9.57 Å². The van der Waals surface area contributed by atoms with Crippen molar-refractivity contribution in [1.82, 2.24) is 5.06 Å². The second-order valence-electron chi connectivity index (χ2n) is 4.33. The Balaban J connectivity index is 1.73. The van der Waals surface area contributed by atoms with E-state index in [1.165, 1.54) is 3.57 Å². The number of carbonyl (C=O) groups is 1. The Morgan fingerprint density at radius 3 is 2.82 bits per heavy atom. The van der Waals surface area contributed by atoms with Crippen LogP contribution in [-0.2, 0) is 20.9 Å². The van der Waals surface area contributed by atoms with Crippen molar-refractivity contribution in [3.63, 3.8) is 0 Å². The Kier molecular flexibility index (Phi) is 3.06. The Labute approximate surface area is 113 Å². The van der Waals surface area contributed by atoms with Gasteiger partial charge < -0.3 is 4.74 Å². The molecule has 2 saturated heterocycles. The van der Waals surface area contributed by atoms with Gasteiger partial charge in [0.2, 0.25) is 0 Å². The lowest BCUT2D eigenvalue weighted by atomic mass is 10.1. The lowest BCUT2D eigenvalue weighted by Gasteiger charge is -2.18. The number of fused-ring (bicyclic) bond motifs is 1. The minimum absolute atomic E-state index is 0.155. The molecule has 2 fully saturated rings. The van der Waals surface area contributed by atoms with Crippen LogP contribution in [0.2, 0.25) is 0 Å². The van der Waals surface area contributed by atoms with Gasteiger partial charge in [-0.25, -0.2) is 0 Å². The first kappa shape index (κ1) is 11.4. The third-order valence-electron chi connectivity index (χ3n) is 3.14. The molecule has 2 heterocycles. The van der Waals surface area contributed by atoms with Gasteiger partial charge in [0.25, 0.3) is 0 Å². The van der Waals surface area contributed by atoms with Crippen molar-refractivity contribution < 1.29 is 14.4 Å². The van der Waals surface area contributed by atoms with Gasteiger partial charge in [-0.3, -0.25) is 9.63 Å². The standard InChI is InChI=1S/C12H12INO3/c13-10-3-1-8(2-4-10)5-14-11-9(7-17-14)6-16-12(11)15/h1-4,9,11H,5-7H2/t9-,11+/m1/s1. The van der Waals surface area contributed by atoms with E-state index in [1.54, 1.807) is 5.06 Å². The number of hydrogen-bond acceptors (Lipinski definition) is 4. The second kappa shape index (κ2) is 4.55. The van der Waals surface area contributed by atoms with Crippen LogP contribution in [0.3, 0.4) is 0 Å². The van der Waals surface area contributed by atoms with Gasteiger partial charge in [0, 0.05) is 9.49 Å². The summed E-state index contributed by atoms with van der Waals surface area (Å²) in [6, 6.07) is 8.00. The van der Waals surface area contributed by atoms with Crippen molar-refractivity contribution in [3.8, 4) is 0 Å². The van der Waals surface area contributed by atoms with E-state index < -0.39 is 0 Å². The van der Waals surface area contributed by atoms with Gasteiger partial charge in [0.15, 0.2) is 0 Å². The van der Waals surface area contributed by atoms with Crippen molar-refractivity contribution in [2.24, 2.45) is 5.92 Å². The lowest BCUT2D eigenvalue weighted by Crippen LogP contribution is -2.34. The molecule has 4 nitrogen and oxygen atoms in total. The molecule has 0 aliphatic carbocycles. The van der Waals surface area contributed by atoms with Crippen LogP contribution in [0.25, 0.3) is 0 Å². The SMILES string of the molecule is O=C1OC[C@@H]2CON(Cc3ccc(I)cc3)[C@H]12. The molecule has 5 heteroatoms. The first-order chi connectivity index (χ1) is 8.24. The third-order valence-corrected chi connectivity index (χ3v) is 3.86. The predicted molar refractivity (Wildman–Crippen MR) is 68.9 cm³/mol. The molecule has 2 aliphatic rings. The minimum atomic E-state index is -0.214. The normalized spacial score (nSPS) is 28.2. The fourth-order valence-electron chi connectivity index (χ4n) is 2.24. The number of benzene rings is 1. The highest BCUT2D eigenvalue weighted by Gasteiger charge is 2.47. The molecule has 0 N–H and O–H groups in total. The summed E-state index contributed by atoms with van der Waals surface area (Å²) in [6.07, 6.45) is 0. The largest absolute Gasteiger partial charge is 0.464 e. The first-order valence-electron chi connectivity index (χ1n) is 5.55. The molecule has 2 atom stereocenters. The summed E-state index contributed by atoms with van der Waals surface area (Å²) in [6.45, 7) is 1.71. The number of carbonyl (C=O) groups excluding carboxylic acids is 1. The van der Waals surface area contributed by atoms with Crippen LogP contribution < -0.4 is 0 Å². The fraction of sp³-hybridized carbons (Fsp3) is 0.417. The number of esters is 1. The Hall–Kier alpha value is -0.660. The number of hydrogen-bond donors (Lipinski definition) is 0. The zero-order chi connectivity index (χ0) is 11.8. The highest BCUT2D eigenvalue weighted by molar-refractivity contribution is 14.1. The monoisotopic (exact) mass is 345 g/mol. The van der Waals surface area contributed by atoms with Crippen LogP contribution in [0.5, 0.6) is 0 Å². The minimum Gasteiger partial charge on any atom is -0.464 e. The molecule has 0 unspecified atom stereocenters. The van der Waals surface area contributed by atoms with Gasteiger partial charge >= 0.3 is 5.97 Å². The van der Waals surface area contributed by atoms with E-state index in [0.29, 0.717) is 19.8 Å². The van der Waals surface area contributed by atoms with Gasteiger partial charge in [-0.15, -0.1) is 0 Å². The molecule has 1 aromatic carbocycles. The predicted octanol–water partition coefficient (Wildman–Crippen LogP) is 1.58. The molecule has 0 aromatic heterocycles. The molecule has 1 aromatic rings. The molecule has 0 amide bonds. The van der Waals surface area contributed by atoms with E-state index in [1.807, 2.05) is 0 Å². The number of hydroxylamine groups is 2. The highest BCUT2D eigenvalue weighted by Crippen LogP contribution is 2.29. The fourth-order valence-corrected chi connectivity index (χ4v) is 2.60. The lowest BCUT2D eigenvalue weighted by molar-refractivity contribution is -0.170. The van der Waals surface area contributed by atoms with Crippen molar-refractivity contribution in [2.75, 3.05) is 13.2 Å². The smallest absolute Gasteiger partial charge is 0.326 e. The van der Waals surface area contributed by atoms with Crippen molar-refractivity contribution in [3.05, 3.63) is 33.4 Å². The average Bonchev–Trinajstić information content (AvgIpc) is 2.87. The first-order valence-corrected chi connectivity index (χ1v) is 6.62. The van der Waals surface area contributed by atoms with Crippen molar-refractivity contribution >= 4 is 28.6 Å². The van der Waals surface area contributed by atoms with E-state index in [2.05, 4.69) is 46.9 Å². The summed E-state index contributed by atoms with van der Waals surface area (Å²) in [7, 11) is 0. The maximum absolute atomic E-state index is 11.6. The van der Waals surface area contributed by atoms with E-state index >= 15 is 0 Å². The second-order valence-corrected chi connectivity index (χ2v) is 5.58. The number of nitrogens with zero attached hydrogens (tertiary/aromatic N) is 1. The average molecular weight is 345 g/mol. The van der Waals surface area contributed by atoms with Crippen LogP contribution in [0.15, 0.2) is 24.3 Å². The van der Waals surface area contributed by atoms with Crippen molar-refractivity contribution in [2.45, 2.75) is 12.6 Å². The zero-order valence-corrected chi connectivity index (χ0v) is 11.3. The number of halogens is 1. The maximum atomic E-state index is 11.6. The summed E-state index contributed by atoms with van der Waals surface area (Å²) >= 11 is 2.27. The zero-order valence-electron chi connectivity index (χ0n) is 9.14. The Morgan fingerprint density at radius 1 is 1.29 bits per heavy atom. The van der Waals surface area contributed by atoms with Gasteiger partial charge in [-0.2, -0.15) is 5.06 Å². The summed E-state index contributed by atoms with van der Waals surface area (Å²) in [5, 5.41) is 1.75. The summed E-state index contributed by atoms with van der Waals surface area (Å²) in [4.78, 5) is 17.1. The van der Waals surface area contributed by atoms with E-state index in [-0.39, 0.29) is 17.9 Å². The molecule has 0 radical (unpaired) electrons. The van der Waals surface area contributed by atoms with Crippen molar-refractivity contribution in [1.29, 1.82) is 0 Å². The Bertz CT molecular complexity index is 434. The summed E-state index contributed by atoms with van der Waals surface area (Å²) in [5.41, 5.74) is 1.14. The molecule has 0 spiro atoms. The quantitative estimate of drug-likeness (QED) is 0.603. The molecule has 0 saturated carbocycles. The van der Waals surface area contributed by atoms with Crippen LogP contribution in [0.1, 0.15) is 5.56 Å². The van der Waals surface area contributed by atoms with Crippen LogP contribution >= 0.6 is 22.6 Å². The third kappa shape index (κ3) is 2.19. The Morgan fingerprint density at radius 2 is 2.06 bits per heavy atom. The van der Waals surface area contributed by atoms with Crippen LogP contribution in [-0.4, -0.2) is 30.3 Å². The van der Waals surface area contributed by atoms with Crippen LogP contribution in [0.4, 0.5) is 0 Å². The van der Waals surface area contributed by atoms with E-state index in [9.17, 15) is 4.79 Å². The molecule has 3 rings (SSSR count). The van der Waals surface area contributed by atoms with Crippen LogP contribution in [0, 0.1) is 9.49 Å². The molecule has 90 valence electrons. The summed E-state index contributed by atoms with van der Waals surface area (Å²) in [5.74, 6) is 0.0457. The van der Waals surface area contributed by atoms with Gasteiger partial charge in [0.05, 0.1) is 19.8 Å². The number of cyclic esters (lactones) is 1.